The minimum absolute atomic E-state index is 0.0707. The number of aromatic nitrogens is 2. The van der Waals surface area contributed by atoms with Gasteiger partial charge in [0.1, 0.15) is 0 Å². The first-order chi connectivity index (χ1) is 12.9. The fraction of sp³-hybridized carbons (Fsp3) is 0.429. The molecule has 144 valence electrons. The zero-order valence-corrected chi connectivity index (χ0v) is 15.5. The first kappa shape index (κ1) is 19.4. The molecule has 0 aliphatic rings. The standard InChI is InChI=1S/C21H23F3N2O/c1-3-5-7-14(4-2)13-26-18-8-6-11-25-19(18)16-10-9-15(21(22,23)24)12-17(16)20(26)27/h6,8-12,14H,3-5,7,13H2,1-2H3. The van der Waals surface area contributed by atoms with Crippen LogP contribution in [0.5, 0.6) is 0 Å². The summed E-state index contributed by atoms with van der Waals surface area (Å²) in [5, 5.41) is 0.530. The Kier molecular flexibility index (Phi) is 5.53. The van der Waals surface area contributed by atoms with Gasteiger partial charge in [-0.15, -0.1) is 0 Å². The van der Waals surface area contributed by atoms with Gasteiger partial charge < -0.3 is 4.57 Å². The van der Waals surface area contributed by atoms with E-state index in [9.17, 15) is 18.0 Å². The molecule has 0 bridgehead atoms. The number of halogens is 3. The Labute approximate surface area is 155 Å². The van der Waals surface area contributed by atoms with Crippen molar-refractivity contribution in [3.8, 4) is 0 Å². The van der Waals surface area contributed by atoms with Gasteiger partial charge in [-0.2, -0.15) is 13.2 Å². The second kappa shape index (κ2) is 7.71. The summed E-state index contributed by atoms with van der Waals surface area (Å²) in [5.74, 6) is 0.300. The molecule has 0 fully saturated rings. The van der Waals surface area contributed by atoms with E-state index in [1.807, 2.05) is 6.07 Å². The Bertz CT molecular complexity index is 1010. The number of fused-ring (bicyclic) bond motifs is 3. The van der Waals surface area contributed by atoms with E-state index < -0.39 is 11.7 Å². The van der Waals surface area contributed by atoms with Crippen LogP contribution in [0.3, 0.4) is 0 Å². The summed E-state index contributed by atoms with van der Waals surface area (Å²) < 4.78 is 41.0. The molecule has 1 atom stereocenters. The maximum atomic E-state index is 13.1. The monoisotopic (exact) mass is 376 g/mol. The first-order valence-corrected chi connectivity index (χ1v) is 9.35. The zero-order valence-electron chi connectivity index (χ0n) is 15.5. The normalized spacial score (nSPS) is 13.4. The number of hydrogen-bond acceptors (Lipinski definition) is 2. The van der Waals surface area contributed by atoms with Crippen molar-refractivity contribution < 1.29 is 13.2 Å². The van der Waals surface area contributed by atoms with E-state index in [1.54, 1.807) is 16.8 Å². The van der Waals surface area contributed by atoms with Crippen LogP contribution in [-0.2, 0) is 12.7 Å². The van der Waals surface area contributed by atoms with Gasteiger partial charge in [0.25, 0.3) is 5.56 Å². The van der Waals surface area contributed by atoms with E-state index in [2.05, 4.69) is 18.8 Å². The minimum Gasteiger partial charge on any atom is -0.306 e. The molecule has 0 N–H and O–H groups in total. The molecule has 6 heteroatoms. The molecule has 0 saturated heterocycles. The lowest BCUT2D eigenvalue weighted by atomic mass is 9.98. The highest BCUT2D eigenvalue weighted by Gasteiger charge is 2.31. The van der Waals surface area contributed by atoms with Crippen LogP contribution in [0.1, 0.15) is 45.1 Å². The summed E-state index contributed by atoms with van der Waals surface area (Å²) in [5.41, 5.74) is 0.0365. The third-order valence-electron chi connectivity index (χ3n) is 5.14. The highest BCUT2D eigenvalue weighted by atomic mass is 19.4. The zero-order chi connectivity index (χ0) is 19.6. The smallest absolute Gasteiger partial charge is 0.306 e. The third-order valence-corrected chi connectivity index (χ3v) is 5.14. The molecule has 0 aliphatic carbocycles. The second-order valence-electron chi connectivity index (χ2n) is 6.96. The molecule has 3 nitrogen and oxygen atoms in total. The van der Waals surface area contributed by atoms with E-state index in [4.69, 9.17) is 0 Å². The second-order valence-corrected chi connectivity index (χ2v) is 6.96. The maximum absolute atomic E-state index is 13.1. The predicted octanol–water partition coefficient (Wildman–Crippen LogP) is 5.78. The van der Waals surface area contributed by atoms with E-state index in [-0.39, 0.29) is 10.9 Å². The number of unbranched alkanes of at least 4 members (excludes halogenated alkanes) is 1. The average Bonchev–Trinajstić information content (AvgIpc) is 2.66. The minimum atomic E-state index is -4.49. The number of nitrogens with zero attached hydrogens (tertiary/aromatic N) is 2. The van der Waals surface area contributed by atoms with E-state index in [0.717, 1.165) is 37.8 Å². The highest BCUT2D eigenvalue weighted by Crippen LogP contribution is 2.32. The maximum Gasteiger partial charge on any atom is 0.416 e. The van der Waals surface area contributed by atoms with Crippen LogP contribution in [0.15, 0.2) is 41.3 Å². The summed E-state index contributed by atoms with van der Waals surface area (Å²) in [6, 6.07) is 6.88. The van der Waals surface area contributed by atoms with Gasteiger partial charge >= 0.3 is 6.18 Å². The van der Waals surface area contributed by atoms with Gasteiger partial charge in [0, 0.05) is 23.5 Å². The topological polar surface area (TPSA) is 34.9 Å². The van der Waals surface area contributed by atoms with Crippen molar-refractivity contribution in [2.75, 3.05) is 0 Å². The molecule has 0 radical (unpaired) electrons. The van der Waals surface area contributed by atoms with E-state index in [1.165, 1.54) is 6.07 Å². The molecule has 3 rings (SSSR count). The van der Waals surface area contributed by atoms with Gasteiger partial charge in [0.2, 0.25) is 0 Å². The average molecular weight is 376 g/mol. The summed E-state index contributed by atoms with van der Waals surface area (Å²) in [4.78, 5) is 17.5. The van der Waals surface area contributed by atoms with Crippen LogP contribution in [0.4, 0.5) is 13.2 Å². The van der Waals surface area contributed by atoms with Gasteiger partial charge in [-0.3, -0.25) is 9.78 Å². The number of hydrogen-bond donors (Lipinski definition) is 0. The lowest BCUT2D eigenvalue weighted by Crippen LogP contribution is -2.25. The number of benzene rings is 1. The van der Waals surface area contributed by atoms with Crippen LogP contribution in [0.25, 0.3) is 21.8 Å². The fourth-order valence-electron chi connectivity index (χ4n) is 3.54. The molecule has 1 unspecified atom stereocenters. The SMILES string of the molecule is CCCCC(CC)Cn1c(=O)c2cc(C(F)(F)F)ccc2c2ncccc21. The fourth-order valence-corrected chi connectivity index (χ4v) is 3.54. The van der Waals surface area contributed by atoms with Crippen molar-refractivity contribution in [3.63, 3.8) is 0 Å². The van der Waals surface area contributed by atoms with E-state index in [0.29, 0.717) is 28.9 Å². The first-order valence-electron chi connectivity index (χ1n) is 9.35. The Balaban J connectivity index is 2.24. The van der Waals surface area contributed by atoms with Crippen LogP contribution in [0, 0.1) is 5.92 Å². The molecule has 2 heterocycles. The van der Waals surface area contributed by atoms with Gasteiger partial charge in [0.05, 0.1) is 16.6 Å². The predicted molar refractivity (Wildman–Crippen MR) is 102 cm³/mol. The Morgan fingerprint density at radius 3 is 2.59 bits per heavy atom. The highest BCUT2D eigenvalue weighted by molar-refractivity contribution is 6.03. The number of alkyl halides is 3. The molecular weight excluding hydrogens is 353 g/mol. The van der Waals surface area contributed by atoms with Crippen molar-refractivity contribution in [1.82, 2.24) is 9.55 Å². The number of pyridine rings is 2. The Hall–Kier alpha value is -2.37. The Morgan fingerprint density at radius 1 is 1.15 bits per heavy atom. The van der Waals surface area contributed by atoms with Gasteiger partial charge in [-0.1, -0.05) is 39.2 Å². The molecule has 1 aromatic carbocycles. The van der Waals surface area contributed by atoms with Crippen molar-refractivity contribution in [1.29, 1.82) is 0 Å². The third kappa shape index (κ3) is 3.84. The molecule has 0 saturated carbocycles. The van der Waals surface area contributed by atoms with Crippen LogP contribution < -0.4 is 5.56 Å². The molecule has 27 heavy (non-hydrogen) atoms. The summed E-state index contributed by atoms with van der Waals surface area (Å²) in [7, 11) is 0. The molecule has 0 amide bonds. The molecule has 2 aromatic heterocycles. The molecule has 0 spiro atoms. The Morgan fingerprint density at radius 2 is 1.93 bits per heavy atom. The van der Waals surface area contributed by atoms with Crippen LogP contribution in [-0.4, -0.2) is 9.55 Å². The molecule has 0 aliphatic heterocycles. The van der Waals surface area contributed by atoms with Gasteiger partial charge in [-0.05, 0) is 36.6 Å². The summed E-state index contributed by atoms with van der Waals surface area (Å²) in [6.07, 6.45) is 1.15. The summed E-state index contributed by atoms with van der Waals surface area (Å²) in [6.45, 7) is 4.69. The van der Waals surface area contributed by atoms with Crippen LogP contribution >= 0.6 is 0 Å². The van der Waals surface area contributed by atoms with E-state index >= 15 is 0 Å². The van der Waals surface area contributed by atoms with Crippen molar-refractivity contribution in [2.45, 2.75) is 52.3 Å². The lowest BCUT2D eigenvalue weighted by Gasteiger charge is -2.19. The molecule has 3 aromatic rings. The van der Waals surface area contributed by atoms with Gasteiger partial charge in [-0.25, -0.2) is 0 Å². The summed E-state index contributed by atoms with van der Waals surface area (Å²) >= 11 is 0. The number of rotatable bonds is 6. The lowest BCUT2D eigenvalue weighted by molar-refractivity contribution is -0.137. The van der Waals surface area contributed by atoms with Crippen molar-refractivity contribution in [2.24, 2.45) is 5.92 Å². The molecular formula is C21H23F3N2O. The van der Waals surface area contributed by atoms with Gasteiger partial charge in [0.15, 0.2) is 0 Å². The largest absolute Gasteiger partial charge is 0.416 e. The van der Waals surface area contributed by atoms with Crippen molar-refractivity contribution in [3.05, 3.63) is 52.4 Å². The van der Waals surface area contributed by atoms with Crippen molar-refractivity contribution >= 4 is 21.8 Å². The van der Waals surface area contributed by atoms with Crippen LogP contribution in [0.2, 0.25) is 0 Å². The quantitative estimate of drug-likeness (QED) is 0.511.